The fourth-order valence-electron chi connectivity index (χ4n) is 2.26. The van der Waals surface area contributed by atoms with Crippen LogP contribution in [0.1, 0.15) is 21.3 Å². The summed E-state index contributed by atoms with van der Waals surface area (Å²) < 4.78 is 15.6. The molecule has 0 aliphatic heterocycles. The monoisotopic (exact) mass is 349 g/mol. The molecule has 0 spiro atoms. The number of rotatable bonds is 5. The van der Waals surface area contributed by atoms with Gasteiger partial charge in [0.05, 0.1) is 10.6 Å². The third-order valence-corrected chi connectivity index (χ3v) is 4.65. The van der Waals surface area contributed by atoms with Gasteiger partial charge in [0.15, 0.2) is 0 Å². The minimum Gasteiger partial charge on any atom is -0.349 e. The number of nitrogens with one attached hydrogen (secondary N) is 1. The topological polar surface area (TPSA) is 46.9 Å². The van der Waals surface area contributed by atoms with Crippen LogP contribution in [0.2, 0.25) is 5.02 Å². The molecule has 1 aromatic carbocycles. The number of carbonyl (C=O) groups is 1. The predicted molar refractivity (Wildman–Crippen MR) is 88.4 cm³/mol. The van der Waals surface area contributed by atoms with Gasteiger partial charge < -0.3 is 5.32 Å². The lowest BCUT2D eigenvalue weighted by atomic mass is 10.2. The molecule has 3 rings (SSSR count). The number of carbonyl (C=O) groups excluding carboxylic acids is 1. The van der Waals surface area contributed by atoms with E-state index in [9.17, 15) is 9.18 Å². The second kappa shape index (κ2) is 6.93. The van der Waals surface area contributed by atoms with Crippen LogP contribution in [0.4, 0.5) is 4.39 Å². The molecule has 118 valence electrons. The van der Waals surface area contributed by atoms with Crippen LogP contribution in [-0.2, 0) is 0 Å². The zero-order valence-corrected chi connectivity index (χ0v) is 13.5. The van der Waals surface area contributed by atoms with Gasteiger partial charge in [-0.15, -0.1) is 11.3 Å². The molecule has 2 aromatic heterocycles. The van der Waals surface area contributed by atoms with E-state index in [4.69, 9.17) is 11.6 Å². The summed E-state index contributed by atoms with van der Waals surface area (Å²) in [6.07, 6.45) is 3.50. The van der Waals surface area contributed by atoms with E-state index < -0.39 is 11.7 Å². The Balaban J connectivity index is 1.78. The summed E-state index contributed by atoms with van der Waals surface area (Å²) in [6, 6.07) is 9.74. The van der Waals surface area contributed by atoms with Gasteiger partial charge in [-0.2, -0.15) is 5.10 Å². The smallest absolute Gasteiger partial charge is 0.255 e. The summed E-state index contributed by atoms with van der Waals surface area (Å²) in [5, 5.41) is 9.02. The number of thiophene rings is 1. The average molecular weight is 350 g/mol. The second-order valence-electron chi connectivity index (χ2n) is 4.82. The van der Waals surface area contributed by atoms with Crippen LogP contribution >= 0.6 is 22.9 Å². The van der Waals surface area contributed by atoms with Gasteiger partial charge in [-0.25, -0.2) is 4.39 Å². The van der Waals surface area contributed by atoms with Gasteiger partial charge in [0.1, 0.15) is 11.9 Å². The SMILES string of the molecule is O=C(NC[C@H](c1cccs1)n1cccn1)c1c(F)cccc1Cl. The lowest BCUT2D eigenvalue weighted by Crippen LogP contribution is -2.32. The van der Waals surface area contributed by atoms with Crippen molar-refractivity contribution in [2.45, 2.75) is 6.04 Å². The molecule has 1 N–H and O–H groups in total. The Bertz CT molecular complexity index is 735. The molecule has 1 amide bonds. The van der Waals surface area contributed by atoms with Crippen molar-refractivity contribution in [1.82, 2.24) is 15.1 Å². The molecule has 0 fully saturated rings. The van der Waals surface area contributed by atoms with Gasteiger partial charge in [0, 0.05) is 23.8 Å². The third kappa shape index (κ3) is 3.43. The van der Waals surface area contributed by atoms with E-state index in [1.165, 1.54) is 18.2 Å². The standard InChI is InChI=1S/C16H13ClFN3OS/c17-11-4-1-5-12(18)15(11)16(22)19-10-13(14-6-2-9-23-14)21-8-3-7-20-21/h1-9,13H,10H2,(H,19,22)/t13-/m1/s1. The first-order valence-corrected chi connectivity index (χ1v) is 8.17. The molecule has 0 radical (unpaired) electrons. The molecule has 2 heterocycles. The number of benzene rings is 1. The zero-order valence-electron chi connectivity index (χ0n) is 11.9. The highest BCUT2D eigenvalue weighted by Gasteiger charge is 2.20. The van der Waals surface area contributed by atoms with Crippen LogP contribution in [0.3, 0.4) is 0 Å². The van der Waals surface area contributed by atoms with E-state index in [2.05, 4.69) is 10.4 Å². The Labute approximate surface area is 141 Å². The fourth-order valence-corrected chi connectivity index (χ4v) is 3.33. The van der Waals surface area contributed by atoms with E-state index in [-0.39, 0.29) is 23.2 Å². The zero-order chi connectivity index (χ0) is 16.2. The number of amides is 1. The minimum atomic E-state index is -0.637. The summed E-state index contributed by atoms with van der Waals surface area (Å²) in [4.78, 5) is 13.3. The van der Waals surface area contributed by atoms with Crippen molar-refractivity contribution in [3.05, 3.63) is 75.5 Å². The number of hydrogen-bond acceptors (Lipinski definition) is 3. The number of hydrogen-bond donors (Lipinski definition) is 1. The third-order valence-electron chi connectivity index (χ3n) is 3.36. The summed E-state index contributed by atoms with van der Waals surface area (Å²) >= 11 is 7.49. The van der Waals surface area contributed by atoms with Crippen molar-refractivity contribution < 1.29 is 9.18 Å². The first kappa shape index (κ1) is 15.7. The highest BCUT2D eigenvalue weighted by atomic mass is 35.5. The first-order chi connectivity index (χ1) is 11.2. The quantitative estimate of drug-likeness (QED) is 0.762. The molecular weight excluding hydrogens is 337 g/mol. The van der Waals surface area contributed by atoms with Crippen molar-refractivity contribution in [3.8, 4) is 0 Å². The van der Waals surface area contributed by atoms with Gasteiger partial charge in [-0.05, 0) is 29.6 Å². The van der Waals surface area contributed by atoms with E-state index in [0.29, 0.717) is 0 Å². The van der Waals surface area contributed by atoms with Crippen LogP contribution < -0.4 is 5.32 Å². The molecule has 7 heteroatoms. The molecule has 1 atom stereocenters. The summed E-state index contributed by atoms with van der Waals surface area (Å²) in [7, 11) is 0. The van der Waals surface area contributed by atoms with Crippen LogP contribution in [0.15, 0.2) is 54.2 Å². The van der Waals surface area contributed by atoms with Crippen LogP contribution in [0.5, 0.6) is 0 Å². The van der Waals surface area contributed by atoms with Crippen LogP contribution in [0.25, 0.3) is 0 Å². The van der Waals surface area contributed by atoms with Gasteiger partial charge in [-0.1, -0.05) is 23.7 Å². The molecule has 0 aliphatic carbocycles. The van der Waals surface area contributed by atoms with Crippen molar-refractivity contribution in [2.75, 3.05) is 6.54 Å². The molecular formula is C16H13ClFN3OS. The Morgan fingerprint density at radius 3 is 2.87 bits per heavy atom. The second-order valence-corrected chi connectivity index (χ2v) is 6.21. The summed E-state index contributed by atoms with van der Waals surface area (Å²) in [5.74, 6) is -1.18. The number of halogens is 2. The highest BCUT2D eigenvalue weighted by Crippen LogP contribution is 2.23. The van der Waals surface area contributed by atoms with E-state index >= 15 is 0 Å². The molecule has 0 aliphatic rings. The Kier molecular flexibility index (Phi) is 4.73. The Hall–Kier alpha value is -2.18. The highest BCUT2D eigenvalue weighted by molar-refractivity contribution is 7.10. The fraction of sp³-hybridized carbons (Fsp3) is 0.125. The van der Waals surface area contributed by atoms with Gasteiger partial charge in [0.2, 0.25) is 0 Å². The van der Waals surface area contributed by atoms with E-state index in [0.717, 1.165) is 4.88 Å². The summed E-state index contributed by atoms with van der Waals surface area (Å²) in [5.41, 5.74) is -0.139. The maximum atomic E-state index is 13.8. The molecule has 0 saturated heterocycles. The van der Waals surface area contributed by atoms with Crippen molar-refractivity contribution in [1.29, 1.82) is 0 Å². The predicted octanol–water partition coefficient (Wildman–Crippen LogP) is 3.76. The number of aromatic nitrogens is 2. The van der Waals surface area contributed by atoms with Crippen molar-refractivity contribution >= 4 is 28.8 Å². The van der Waals surface area contributed by atoms with Gasteiger partial charge in [0.25, 0.3) is 5.91 Å². The molecule has 0 unspecified atom stereocenters. The molecule has 23 heavy (non-hydrogen) atoms. The van der Waals surface area contributed by atoms with Gasteiger partial charge in [-0.3, -0.25) is 9.48 Å². The van der Waals surface area contributed by atoms with Crippen molar-refractivity contribution in [2.24, 2.45) is 0 Å². The Morgan fingerprint density at radius 2 is 2.22 bits per heavy atom. The normalized spacial score (nSPS) is 12.1. The number of nitrogens with zero attached hydrogens (tertiary/aromatic N) is 2. The maximum absolute atomic E-state index is 13.8. The van der Waals surface area contributed by atoms with Crippen LogP contribution in [-0.4, -0.2) is 22.2 Å². The first-order valence-electron chi connectivity index (χ1n) is 6.91. The molecule has 4 nitrogen and oxygen atoms in total. The summed E-state index contributed by atoms with van der Waals surface area (Å²) in [6.45, 7) is 0.283. The van der Waals surface area contributed by atoms with E-state index in [1.54, 1.807) is 22.2 Å². The van der Waals surface area contributed by atoms with Gasteiger partial charge >= 0.3 is 0 Å². The Morgan fingerprint density at radius 1 is 1.35 bits per heavy atom. The lowest BCUT2D eigenvalue weighted by Gasteiger charge is -2.17. The lowest BCUT2D eigenvalue weighted by molar-refractivity contribution is 0.0945. The average Bonchev–Trinajstić information content (AvgIpc) is 3.21. The molecule has 0 bridgehead atoms. The largest absolute Gasteiger partial charge is 0.349 e. The maximum Gasteiger partial charge on any atom is 0.255 e. The molecule has 0 saturated carbocycles. The van der Waals surface area contributed by atoms with E-state index in [1.807, 2.05) is 29.8 Å². The minimum absolute atomic E-state index is 0.0919. The molecule has 3 aromatic rings. The van der Waals surface area contributed by atoms with Crippen molar-refractivity contribution in [3.63, 3.8) is 0 Å². The van der Waals surface area contributed by atoms with Crippen LogP contribution in [0, 0.1) is 5.82 Å².